The minimum atomic E-state index is -1.73. The van der Waals surface area contributed by atoms with Crippen LogP contribution in [0.5, 0.6) is 0 Å². The molecule has 0 saturated carbocycles. The third-order valence-electron chi connectivity index (χ3n) is 7.72. The van der Waals surface area contributed by atoms with Gasteiger partial charge in [-0.05, 0) is 49.1 Å². The summed E-state index contributed by atoms with van der Waals surface area (Å²) in [4.78, 5) is 22.4. The van der Waals surface area contributed by atoms with Gasteiger partial charge in [-0.2, -0.15) is 0 Å². The molecule has 0 bridgehead atoms. The van der Waals surface area contributed by atoms with Crippen molar-refractivity contribution in [3.63, 3.8) is 0 Å². The summed E-state index contributed by atoms with van der Waals surface area (Å²) in [7, 11) is -3.44. The standard InChI is InChI=1S/2C12H24O3Si/c1-7-10-9(11(13)15-10)8-14-16(5,6)12(2,3)4;1-7-9-10(15-11(9)13)8-14-16(5,6)12(2,3)4/h2*9-10H,7-8H2,1-6H3. The third kappa shape index (κ3) is 7.14. The van der Waals surface area contributed by atoms with E-state index in [1.807, 2.05) is 13.8 Å². The molecule has 32 heavy (non-hydrogen) atoms. The Morgan fingerprint density at radius 3 is 1.44 bits per heavy atom. The number of carbonyl (C=O) groups excluding carboxylic acids is 2. The van der Waals surface area contributed by atoms with E-state index in [2.05, 4.69) is 67.7 Å². The fourth-order valence-corrected chi connectivity index (χ4v) is 4.98. The van der Waals surface area contributed by atoms with Gasteiger partial charge in [-0.3, -0.25) is 9.59 Å². The Labute approximate surface area is 198 Å². The van der Waals surface area contributed by atoms with Crippen LogP contribution < -0.4 is 0 Å². The fraction of sp³-hybridized carbons (Fsp3) is 0.917. The molecule has 6 nitrogen and oxygen atoms in total. The highest BCUT2D eigenvalue weighted by atomic mass is 28.4. The summed E-state index contributed by atoms with van der Waals surface area (Å²) in [6.45, 7) is 27.3. The SMILES string of the molecule is CCC1C(=O)OC1CO[Si](C)(C)C(C)(C)C.CCC1OC(=O)C1CO[Si](C)(C)C(C)(C)C. The van der Waals surface area contributed by atoms with Crippen LogP contribution in [0.3, 0.4) is 0 Å². The number of hydrogen-bond acceptors (Lipinski definition) is 6. The first kappa shape index (κ1) is 29.3. The molecule has 2 heterocycles. The summed E-state index contributed by atoms with van der Waals surface area (Å²) < 4.78 is 22.2. The molecular formula is C24H48O6Si2. The van der Waals surface area contributed by atoms with E-state index in [0.29, 0.717) is 13.2 Å². The molecule has 0 N–H and O–H groups in total. The molecule has 0 amide bonds. The molecule has 0 aromatic rings. The molecular weight excluding hydrogens is 440 g/mol. The summed E-state index contributed by atoms with van der Waals surface area (Å²) >= 11 is 0. The zero-order valence-electron chi connectivity index (χ0n) is 22.6. The van der Waals surface area contributed by atoms with Crippen molar-refractivity contribution in [2.75, 3.05) is 13.2 Å². The molecule has 188 valence electrons. The molecule has 0 aromatic carbocycles. The second-order valence-corrected chi connectivity index (χ2v) is 21.7. The topological polar surface area (TPSA) is 71.1 Å². The van der Waals surface area contributed by atoms with Crippen molar-refractivity contribution < 1.29 is 27.9 Å². The van der Waals surface area contributed by atoms with E-state index < -0.39 is 16.6 Å². The minimum absolute atomic E-state index is 0.00775. The van der Waals surface area contributed by atoms with Gasteiger partial charge in [-0.15, -0.1) is 0 Å². The number of cyclic esters (lactones) is 2. The minimum Gasteiger partial charge on any atom is -0.461 e. The number of rotatable bonds is 8. The first-order valence-corrected chi connectivity index (χ1v) is 17.9. The van der Waals surface area contributed by atoms with Gasteiger partial charge >= 0.3 is 11.9 Å². The highest BCUT2D eigenvalue weighted by Crippen LogP contribution is 2.39. The fourth-order valence-electron chi connectivity index (χ4n) is 2.94. The van der Waals surface area contributed by atoms with Gasteiger partial charge in [0.1, 0.15) is 18.1 Å². The monoisotopic (exact) mass is 488 g/mol. The van der Waals surface area contributed by atoms with Gasteiger partial charge in [0.2, 0.25) is 0 Å². The van der Waals surface area contributed by atoms with E-state index in [1.165, 1.54) is 0 Å². The van der Waals surface area contributed by atoms with Gasteiger partial charge in [0.15, 0.2) is 16.6 Å². The molecule has 2 rings (SSSR count). The van der Waals surface area contributed by atoms with Gasteiger partial charge in [-0.1, -0.05) is 55.4 Å². The van der Waals surface area contributed by atoms with Crippen molar-refractivity contribution in [3.8, 4) is 0 Å². The van der Waals surface area contributed by atoms with Crippen molar-refractivity contribution in [2.24, 2.45) is 11.8 Å². The summed E-state index contributed by atoms with van der Waals surface area (Å²) in [6.07, 6.45) is 1.81. The zero-order valence-corrected chi connectivity index (χ0v) is 24.6. The molecule has 8 heteroatoms. The Balaban J connectivity index is 0.000000320. The van der Waals surface area contributed by atoms with Crippen molar-refractivity contribution in [1.29, 1.82) is 0 Å². The molecule has 0 radical (unpaired) electrons. The van der Waals surface area contributed by atoms with Gasteiger partial charge in [0.05, 0.1) is 19.1 Å². The van der Waals surface area contributed by atoms with Crippen LogP contribution >= 0.6 is 0 Å². The maximum absolute atomic E-state index is 11.3. The second-order valence-electron chi connectivity index (χ2n) is 12.1. The number of carbonyl (C=O) groups is 2. The number of ether oxygens (including phenoxy) is 2. The van der Waals surface area contributed by atoms with Crippen molar-refractivity contribution in [1.82, 2.24) is 0 Å². The van der Waals surface area contributed by atoms with Crippen molar-refractivity contribution in [2.45, 2.75) is 117 Å². The first-order chi connectivity index (χ1) is 14.4. The second kappa shape index (κ2) is 10.7. The van der Waals surface area contributed by atoms with Gasteiger partial charge in [0.25, 0.3) is 0 Å². The third-order valence-corrected chi connectivity index (χ3v) is 16.7. The average Bonchev–Trinajstić information content (AvgIpc) is 2.61. The van der Waals surface area contributed by atoms with Crippen LogP contribution in [0.15, 0.2) is 0 Å². The normalized spacial score (nSPS) is 26.2. The van der Waals surface area contributed by atoms with E-state index in [0.717, 1.165) is 12.8 Å². The van der Waals surface area contributed by atoms with E-state index in [-0.39, 0.29) is 46.1 Å². The molecule has 0 spiro atoms. The van der Waals surface area contributed by atoms with Gasteiger partial charge in [-0.25, -0.2) is 0 Å². The van der Waals surface area contributed by atoms with Crippen LogP contribution in [0.25, 0.3) is 0 Å². The lowest BCUT2D eigenvalue weighted by atomic mass is 9.95. The average molecular weight is 489 g/mol. The Kier molecular flexibility index (Phi) is 9.80. The largest absolute Gasteiger partial charge is 0.461 e. The first-order valence-electron chi connectivity index (χ1n) is 12.1. The Morgan fingerprint density at radius 2 is 1.09 bits per heavy atom. The Bertz CT molecular complexity index is 648. The maximum Gasteiger partial charge on any atom is 0.315 e. The molecule has 2 fully saturated rings. The van der Waals surface area contributed by atoms with Crippen LogP contribution in [0.1, 0.15) is 68.2 Å². The zero-order chi connectivity index (χ0) is 25.1. The van der Waals surface area contributed by atoms with Crippen LogP contribution in [0.4, 0.5) is 0 Å². The summed E-state index contributed by atoms with van der Waals surface area (Å²) in [6, 6.07) is 0. The van der Waals surface area contributed by atoms with E-state index in [9.17, 15) is 9.59 Å². The van der Waals surface area contributed by atoms with Crippen LogP contribution in [0.2, 0.25) is 36.3 Å². The maximum atomic E-state index is 11.3. The molecule has 2 saturated heterocycles. The molecule has 0 aliphatic carbocycles. The lowest BCUT2D eigenvalue weighted by Gasteiger charge is -2.40. The van der Waals surface area contributed by atoms with Gasteiger partial charge < -0.3 is 18.3 Å². The van der Waals surface area contributed by atoms with E-state index in [1.54, 1.807) is 0 Å². The summed E-state index contributed by atoms with van der Waals surface area (Å²) in [5.74, 6) is -0.124. The smallest absolute Gasteiger partial charge is 0.315 e. The molecule has 4 unspecified atom stereocenters. The quantitative estimate of drug-likeness (QED) is 0.312. The highest BCUT2D eigenvalue weighted by molar-refractivity contribution is 6.74. The van der Waals surface area contributed by atoms with E-state index >= 15 is 0 Å². The summed E-state index contributed by atoms with van der Waals surface area (Å²) in [5.41, 5.74) is 0. The predicted octanol–water partition coefficient (Wildman–Crippen LogP) is 5.92. The molecule has 0 aromatic heterocycles. The van der Waals surface area contributed by atoms with Crippen molar-refractivity contribution in [3.05, 3.63) is 0 Å². The molecule has 2 aliphatic rings. The van der Waals surface area contributed by atoms with Crippen LogP contribution in [-0.4, -0.2) is 54.0 Å². The predicted molar refractivity (Wildman–Crippen MR) is 134 cm³/mol. The van der Waals surface area contributed by atoms with Crippen molar-refractivity contribution >= 4 is 28.6 Å². The summed E-state index contributed by atoms with van der Waals surface area (Å²) in [5, 5.41) is 0.408. The number of hydrogen-bond donors (Lipinski definition) is 0. The van der Waals surface area contributed by atoms with Gasteiger partial charge in [0, 0.05) is 0 Å². The Hall–Kier alpha value is -0.706. The Morgan fingerprint density at radius 1 is 0.688 bits per heavy atom. The highest BCUT2D eigenvalue weighted by Gasteiger charge is 2.45. The van der Waals surface area contributed by atoms with E-state index in [4.69, 9.17) is 18.3 Å². The van der Waals surface area contributed by atoms with Crippen LogP contribution in [-0.2, 0) is 27.9 Å². The lowest BCUT2D eigenvalue weighted by Crippen LogP contribution is -2.51. The van der Waals surface area contributed by atoms with Crippen LogP contribution in [0, 0.1) is 11.8 Å². The lowest BCUT2D eigenvalue weighted by molar-refractivity contribution is -0.189. The number of esters is 2. The molecule has 4 atom stereocenters. The molecule has 2 aliphatic heterocycles.